The van der Waals surface area contributed by atoms with Gasteiger partial charge in [0.2, 0.25) is 0 Å². The molecule has 0 bridgehead atoms. The van der Waals surface area contributed by atoms with E-state index in [4.69, 9.17) is 9.97 Å². The molecule has 0 atom stereocenters. The summed E-state index contributed by atoms with van der Waals surface area (Å²) >= 11 is 1.75. The summed E-state index contributed by atoms with van der Waals surface area (Å²) in [6.45, 7) is 5.04. The quantitative estimate of drug-likeness (QED) is 0.451. The van der Waals surface area contributed by atoms with Crippen molar-refractivity contribution in [1.29, 1.82) is 0 Å². The molecule has 31 heavy (non-hydrogen) atoms. The summed E-state index contributed by atoms with van der Waals surface area (Å²) < 4.78 is 0. The summed E-state index contributed by atoms with van der Waals surface area (Å²) in [5.41, 5.74) is 3.83. The monoisotopic (exact) mass is 427 g/mol. The van der Waals surface area contributed by atoms with E-state index in [9.17, 15) is 0 Å². The van der Waals surface area contributed by atoms with Gasteiger partial charge in [-0.05, 0) is 36.1 Å². The van der Waals surface area contributed by atoms with E-state index < -0.39 is 0 Å². The molecule has 0 radical (unpaired) electrons. The van der Waals surface area contributed by atoms with Crippen LogP contribution in [0.2, 0.25) is 0 Å². The Labute approximate surface area is 186 Å². The molecule has 1 saturated carbocycles. The van der Waals surface area contributed by atoms with Crippen LogP contribution in [-0.4, -0.2) is 46.0 Å². The van der Waals surface area contributed by atoms with Gasteiger partial charge in [-0.2, -0.15) is 0 Å². The topological polar surface area (TPSA) is 45.2 Å². The lowest BCUT2D eigenvalue weighted by molar-refractivity contribution is 0.249. The summed E-state index contributed by atoms with van der Waals surface area (Å²) in [5, 5.41) is 3.48. The number of piperazine rings is 1. The molecule has 0 N–H and O–H groups in total. The van der Waals surface area contributed by atoms with Crippen molar-refractivity contribution in [2.24, 2.45) is 0 Å². The molecule has 6 rings (SSSR count). The fourth-order valence-electron chi connectivity index (χ4n) is 4.39. The average molecular weight is 428 g/mol. The van der Waals surface area contributed by atoms with Gasteiger partial charge in [0, 0.05) is 62.0 Å². The van der Waals surface area contributed by atoms with E-state index >= 15 is 0 Å². The minimum atomic E-state index is 0.554. The number of benzene rings is 1. The van der Waals surface area contributed by atoms with Crippen LogP contribution in [0.15, 0.2) is 60.2 Å². The average Bonchev–Trinajstić information content (AvgIpc) is 3.59. The highest BCUT2D eigenvalue weighted by atomic mass is 32.1. The molecular weight excluding hydrogens is 402 g/mol. The first kappa shape index (κ1) is 18.9. The van der Waals surface area contributed by atoms with E-state index in [2.05, 4.69) is 62.6 Å². The molecule has 3 aromatic heterocycles. The fourth-order valence-corrected chi connectivity index (χ4v) is 5.34. The predicted molar refractivity (Wildman–Crippen MR) is 127 cm³/mol. The Hall–Kier alpha value is -2.83. The third-order valence-electron chi connectivity index (χ3n) is 6.29. The normalized spacial score (nSPS) is 17.4. The minimum Gasteiger partial charge on any atom is -0.353 e. The summed E-state index contributed by atoms with van der Waals surface area (Å²) in [7, 11) is 0. The largest absolute Gasteiger partial charge is 0.353 e. The van der Waals surface area contributed by atoms with Gasteiger partial charge in [-0.15, -0.1) is 11.3 Å². The Morgan fingerprint density at radius 2 is 1.68 bits per heavy atom. The summed E-state index contributed by atoms with van der Waals surface area (Å²) in [4.78, 5) is 20.4. The third kappa shape index (κ3) is 3.82. The van der Waals surface area contributed by atoms with E-state index in [1.165, 1.54) is 34.9 Å². The molecule has 0 amide bonds. The first-order valence-corrected chi connectivity index (χ1v) is 11.9. The van der Waals surface area contributed by atoms with Crippen molar-refractivity contribution in [1.82, 2.24) is 19.9 Å². The lowest BCUT2D eigenvalue weighted by Gasteiger charge is -2.36. The zero-order chi connectivity index (χ0) is 20.6. The smallest absolute Gasteiger partial charge is 0.141 e. The molecule has 1 aromatic carbocycles. The van der Waals surface area contributed by atoms with Gasteiger partial charge in [-0.3, -0.25) is 9.88 Å². The standard InChI is InChI=1S/C25H25N5S/c1-2-4-19(5-3-1)21-17-31-25-22(21)24(27-23(28-25)20-6-7-20)30-14-12-29(13-15-30)16-18-8-10-26-11-9-18/h1-5,8-11,17,20H,6-7,12-16H2. The maximum Gasteiger partial charge on any atom is 0.141 e. The van der Waals surface area contributed by atoms with E-state index in [1.807, 2.05) is 12.4 Å². The van der Waals surface area contributed by atoms with Crippen LogP contribution >= 0.6 is 11.3 Å². The number of rotatable bonds is 5. The van der Waals surface area contributed by atoms with Gasteiger partial charge >= 0.3 is 0 Å². The van der Waals surface area contributed by atoms with E-state index in [-0.39, 0.29) is 0 Å². The number of thiophene rings is 1. The van der Waals surface area contributed by atoms with Crippen molar-refractivity contribution < 1.29 is 0 Å². The van der Waals surface area contributed by atoms with Gasteiger partial charge in [0.25, 0.3) is 0 Å². The van der Waals surface area contributed by atoms with E-state index in [1.54, 1.807) is 11.3 Å². The lowest BCUT2D eigenvalue weighted by atomic mass is 10.1. The zero-order valence-corrected chi connectivity index (χ0v) is 18.3. The van der Waals surface area contributed by atoms with Gasteiger partial charge in [-0.25, -0.2) is 9.97 Å². The Morgan fingerprint density at radius 1 is 0.903 bits per heavy atom. The molecule has 1 saturated heterocycles. The van der Waals surface area contributed by atoms with Gasteiger partial charge in [0.15, 0.2) is 0 Å². The van der Waals surface area contributed by atoms with E-state index in [0.29, 0.717) is 5.92 Å². The fraction of sp³-hybridized carbons (Fsp3) is 0.320. The molecule has 156 valence electrons. The number of pyridine rings is 1. The molecule has 4 aromatic rings. The Kier molecular flexibility index (Phi) is 4.89. The van der Waals surface area contributed by atoms with Crippen LogP contribution in [0.5, 0.6) is 0 Å². The van der Waals surface area contributed by atoms with Crippen LogP contribution in [0.1, 0.15) is 30.1 Å². The first-order valence-electron chi connectivity index (χ1n) is 11.1. The second-order valence-corrected chi connectivity index (χ2v) is 9.35. The highest BCUT2D eigenvalue weighted by Gasteiger charge is 2.30. The lowest BCUT2D eigenvalue weighted by Crippen LogP contribution is -2.46. The molecule has 2 aliphatic rings. The second kappa shape index (κ2) is 8.02. The number of fused-ring (bicyclic) bond motifs is 1. The molecule has 2 fully saturated rings. The number of hydrogen-bond acceptors (Lipinski definition) is 6. The zero-order valence-electron chi connectivity index (χ0n) is 17.4. The second-order valence-electron chi connectivity index (χ2n) is 8.49. The molecule has 0 unspecified atom stereocenters. The van der Waals surface area contributed by atoms with Crippen molar-refractivity contribution in [3.05, 3.63) is 71.6 Å². The van der Waals surface area contributed by atoms with Crippen LogP contribution in [0.25, 0.3) is 21.3 Å². The van der Waals surface area contributed by atoms with Crippen molar-refractivity contribution in [3.8, 4) is 11.1 Å². The van der Waals surface area contributed by atoms with E-state index in [0.717, 1.165) is 49.2 Å². The molecule has 4 heterocycles. The summed E-state index contributed by atoms with van der Waals surface area (Å²) in [5.74, 6) is 2.73. The molecule has 1 aliphatic carbocycles. The summed E-state index contributed by atoms with van der Waals surface area (Å²) in [6.07, 6.45) is 6.21. The number of aromatic nitrogens is 3. The van der Waals surface area contributed by atoms with Crippen molar-refractivity contribution in [2.75, 3.05) is 31.1 Å². The molecule has 5 nitrogen and oxygen atoms in total. The minimum absolute atomic E-state index is 0.554. The van der Waals surface area contributed by atoms with Crippen molar-refractivity contribution >= 4 is 27.4 Å². The molecule has 0 spiro atoms. The SMILES string of the molecule is c1ccc(-c2csc3nc(C4CC4)nc(N4CCN(Cc5ccncc5)CC4)c23)cc1. The van der Waals surface area contributed by atoms with Gasteiger partial charge in [-0.1, -0.05) is 30.3 Å². The maximum atomic E-state index is 5.15. The molecular formula is C25H25N5S. The number of nitrogens with zero attached hydrogens (tertiary/aromatic N) is 5. The number of anilines is 1. The van der Waals surface area contributed by atoms with Gasteiger partial charge in [0.05, 0.1) is 5.39 Å². The molecule has 6 heteroatoms. The van der Waals surface area contributed by atoms with Crippen molar-refractivity contribution in [3.63, 3.8) is 0 Å². The summed E-state index contributed by atoms with van der Waals surface area (Å²) in [6, 6.07) is 14.9. The van der Waals surface area contributed by atoms with Crippen LogP contribution in [0.3, 0.4) is 0 Å². The van der Waals surface area contributed by atoms with Crippen LogP contribution in [0, 0.1) is 0 Å². The van der Waals surface area contributed by atoms with Crippen molar-refractivity contribution in [2.45, 2.75) is 25.3 Å². The Morgan fingerprint density at radius 3 is 2.42 bits per heavy atom. The first-order chi connectivity index (χ1) is 15.3. The van der Waals surface area contributed by atoms with Crippen LogP contribution in [-0.2, 0) is 6.54 Å². The number of hydrogen-bond donors (Lipinski definition) is 0. The Balaban J connectivity index is 1.32. The van der Waals surface area contributed by atoms with Crippen LogP contribution < -0.4 is 4.90 Å². The maximum absolute atomic E-state index is 5.15. The Bertz CT molecular complexity index is 1180. The third-order valence-corrected chi connectivity index (χ3v) is 7.16. The highest BCUT2D eigenvalue weighted by Crippen LogP contribution is 2.43. The van der Waals surface area contributed by atoms with Gasteiger partial charge < -0.3 is 4.90 Å². The van der Waals surface area contributed by atoms with Crippen LogP contribution in [0.4, 0.5) is 5.82 Å². The molecule has 1 aliphatic heterocycles. The van der Waals surface area contributed by atoms with Gasteiger partial charge in [0.1, 0.15) is 16.5 Å². The predicted octanol–water partition coefficient (Wildman–Crippen LogP) is 4.95. The highest BCUT2D eigenvalue weighted by molar-refractivity contribution is 7.17.